The van der Waals surface area contributed by atoms with Crippen molar-refractivity contribution in [1.82, 2.24) is 15.3 Å². The van der Waals surface area contributed by atoms with Crippen LogP contribution >= 0.6 is 11.3 Å². The molecule has 2 heterocycles. The van der Waals surface area contributed by atoms with Gasteiger partial charge < -0.3 is 10.1 Å². The normalized spacial score (nSPS) is 11.7. The van der Waals surface area contributed by atoms with Gasteiger partial charge >= 0.3 is 0 Å². The van der Waals surface area contributed by atoms with Crippen LogP contribution in [0.4, 0.5) is 0 Å². The maximum absolute atomic E-state index is 5.09. The van der Waals surface area contributed by atoms with Gasteiger partial charge in [-0.05, 0) is 12.6 Å². The summed E-state index contributed by atoms with van der Waals surface area (Å²) < 4.78 is 5.09. The summed E-state index contributed by atoms with van der Waals surface area (Å²) in [6, 6.07) is 3.93. The Kier molecular flexibility index (Phi) is 4.96. The number of ether oxygens (including phenoxy) is 1. The van der Waals surface area contributed by atoms with Crippen LogP contribution in [0, 0.1) is 0 Å². The molecule has 0 aliphatic carbocycles. The number of methoxy groups -OCH3 is 1. The smallest absolute Gasteiger partial charge is 0.212 e. The number of thiazole rings is 1. The molecule has 0 fully saturated rings. The van der Waals surface area contributed by atoms with Crippen LogP contribution in [0.5, 0.6) is 5.88 Å². The molecule has 0 bridgehead atoms. The maximum Gasteiger partial charge on any atom is 0.212 e. The predicted octanol–water partition coefficient (Wildman–Crippen LogP) is 3.15. The van der Waals surface area contributed by atoms with Crippen molar-refractivity contribution in [2.45, 2.75) is 39.2 Å². The minimum absolute atomic E-state index is 0.0685. The fourth-order valence-corrected chi connectivity index (χ4v) is 3.48. The van der Waals surface area contributed by atoms with Gasteiger partial charge in [-0.2, -0.15) is 0 Å². The van der Waals surface area contributed by atoms with Crippen LogP contribution in [-0.2, 0) is 18.4 Å². The Hall–Kier alpha value is -1.46. The van der Waals surface area contributed by atoms with Crippen LogP contribution in [-0.4, -0.2) is 24.1 Å². The molecule has 21 heavy (non-hydrogen) atoms. The van der Waals surface area contributed by atoms with Crippen LogP contribution < -0.4 is 10.1 Å². The number of rotatable bonds is 5. The van der Waals surface area contributed by atoms with E-state index in [1.54, 1.807) is 18.4 Å². The molecule has 0 spiro atoms. The second-order valence-electron chi connectivity index (χ2n) is 6.05. The number of nitrogens with one attached hydrogen (secondary N) is 1. The maximum atomic E-state index is 5.09. The van der Waals surface area contributed by atoms with E-state index in [2.05, 4.69) is 31.1 Å². The Morgan fingerprint density at radius 1 is 1.29 bits per heavy atom. The van der Waals surface area contributed by atoms with E-state index in [1.807, 2.05) is 25.4 Å². The fourth-order valence-electron chi connectivity index (χ4n) is 2.15. The molecule has 2 rings (SSSR count). The van der Waals surface area contributed by atoms with E-state index in [4.69, 9.17) is 9.72 Å². The van der Waals surface area contributed by atoms with Crippen LogP contribution in [0.1, 0.15) is 41.9 Å². The van der Waals surface area contributed by atoms with Gasteiger partial charge in [0, 0.05) is 35.5 Å². The quantitative estimate of drug-likeness (QED) is 0.922. The number of nitrogens with zero attached hydrogens (tertiary/aromatic N) is 2. The molecule has 0 amide bonds. The summed E-state index contributed by atoms with van der Waals surface area (Å²) in [5, 5.41) is 4.37. The summed E-state index contributed by atoms with van der Waals surface area (Å²) in [7, 11) is 3.60. The highest BCUT2D eigenvalue weighted by Crippen LogP contribution is 2.30. The molecule has 2 aromatic rings. The number of pyridine rings is 1. The fraction of sp³-hybridized carbons (Fsp3) is 0.500. The molecule has 0 aliphatic rings. The summed E-state index contributed by atoms with van der Waals surface area (Å²) >= 11 is 1.78. The minimum atomic E-state index is 0.0685. The third-order valence-corrected chi connectivity index (χ3v) is 4.21. The topological polar surface area (TPSA) is 47.0 Å². The average Bonchev–Trinajstić information content (AvgIpc) is 2.83. The van der Waals surface area contributed by atoms with Crippen molar-refractivity contribution in [1.29, 1.82) is 0 Å². The van der Waals surface area contributed by atoms with E-state index < -0.39 is 0 Å². The van der Waals surface area contributed by atoms with E-state index in [0.29, 0.717) is 5.88 Å². The molecule has 0 aromatic carbocycles. The van der Waals surface area contributed by atoms with Gasteiger partial charge in [0.25, 0.3) is 0 Å². The molecule has 114 valence electrons. The highest BCUT2D eigenvalue weighted by Gasteiger charge is 2.22. The molecule has 0 radical (unpaired) electrons. The monoisotopic (exact) mass is 305 g/mol. The van der Waals surface area contributed by atoms with E-state index >= 15 is 0 Å². The highest BCUT2D eigenvalue weighted by atomic mass is 32.1. The predicted molar refractivity (Wildman–Crippen MR) is 87.2 cm³/mol. The summed E-state index contributed by atoms with van der Waals surface area (Å²) in [6.07, 6.45) is 2.67. The zero-order valence-electron chi connectivity index (χ0n) is 13.4. The molecule has 0 atom stereocenters. The molecule has 0 saturated heterocycles. The lowest BCUT2D eigenvalue weighted by molar-refractivity contribution is 0.397. The molecule has 1 N–H and O–H groups in total. The minimum Gasteiger partial charge on any atom is -0.481 e. The second-order valence-corrected chi connectivity index (χ2v) is 7.21. The first kappa shape index (κ1) is 15.9. The second kappa shape index (κ2) is 6.54. The van der Waals surface area contributed by atoms with Crippen LogP contribution in [0.3, 0.4) is 0 Å². The lowest BCUT2D eigenvalue weighted by Crippen LogP contribution is -2.16. The van der Waals surface area contributed by atoms with Gasteiger partial charge in [-0.25, -0.2) is 9.97 Å². The van der Waals surface area contributed by atoms with Crippen molar-refractivity contribution in [3.8, 4) is 5.88 Å². The molecule has 2 aromatic heterocycles. The van der Waals surface area contributed by atoms with E-state index in [9.17, 15) is 0 Å². The molecular formula is C16H23N3OS. The molecule has 4 nitrogen and oxygen atoms in total. The highest BCUT2D eigenvalue weighted by molar-refractivity contribution is 7.11. The van der Waals surface area contributed by atoms with Crippen LogP contribution in [0.25, 0.3) is 0 Å². The van der Waals surface area contributed by atoms with E-state index in [1.165, 1.54) is 10.6 Å². The van der Waals surface area contributed by atoms with Crippen molar-refractivity contribution in [2.24, 2.45) is 0 Å². The standard InChI is InChI=1S/C16H23N3OS/c1-16(2,3)15-12(10-17-4)21-14(19-15)8-11-6-7-13(20-5)18-9-11/h6-7,9,17H,8,10H2,1-5H3. The summed E-state index contributed by atoms with van der Waals surface area (Å²) in [6.45, 7) is 7.49. The van der Waals surface area contributed by atoms with Gasteiger partial charge in [-0.3, -0.25) is 0 Å². The Morgan fingerprint density at radius 2 is 2.05 bits per heavy atom. The van der Waals surface area contributed by atoms with Gasteiger partial charge in [0.2, 0.25) is 5.88 Å². The lowest BCUT2D eigenvalue weighted by Gasteiger charge is -2.17. The first-order valence-corrected chi connectivity index (χ1v) is 7.88. The number of aromatic nitrogens is 2. The summed E-state index contributed by atoms with van der Waals surface area (Å²) in [5.74, 6) is 0.643. The van der Waals surface area contributed by atoms with Gasteiger partial charge in [0.05, 0.1) is 17.8 Å². The van der Waals surface area contributed by atoms with Gasteiger partial charge in [0.1, 0.15) is 0 Å². The van der Waals surface area contributed by atoms with Gasteiger partial charge in [-0.1, -0.05) is 26.8 Å². The van der Waals surface area contributed by atoms with Crippen molar-refractivity contribution in [3.05, 3.63) is 39.5 Å². The van der Waals surface area contributed by atoms with Crippen molar-refractivity contribution >= 4 is 11.3 Å². The zero-order valence-corrected chi connectivity index (χ0v) is 14.2. The first-order valence-electron chi connectivity index (χ1n) is 7.06. The molecule has 0 unspecified atom stereocenters. The Labute approximate surface area is 130 Å². The Bertz CT molecular complexity index is 585. The average molecular weight is 305 g/mol. The molecule has 0 aliphatic heterocycles. The SMILES string of the molecule is CNCc1sc(Cc2ccc(OC)nc2)nc1C(C)(C)C. The summed E-state index contributed by atoms with van der Waals surface area (Å²) in [4.78, 5) is 10.4. The number of hydrogen-bond acceptors (Lipinski definition) is 5. The first-order chi connectivity index (χ1) is 9.94. The van der Waals surface area contributed by atoms with Crippen molar-refractivity contribution in [2.75, 3.05) is 14.2 Å². The van der Waals surface area contributed by atoms with Gasteiger partial charge in [-0.15, -0.1) is 11.3 Å². The van der Waals surface area contributed by atoms with E-state index in [0.717, 1.165) is 23.5 Å². The van der Waals surface area contributed by atoms with Crippen molar-refractivity contribution in [3.63, 3.8) is 0 Å². The molecular weight excluding hydrogens is 282 g/mol. The third kappa shape index (κ3) is 4.02. The Morgan fingerprint density at radius 3 is 2.57 bits per heavy atom. The third-order valence-electron chi connectivity index (χ3n) is 3.15. The van der Waals surface area contributed by atoms with Gasteiger partial charge in [0.15, 0.2) is 0 Å². The zero-order chi connectivity index (χ0) is 15.5. The van der Waals surface area contributed by atoms with E-state index in [-0.39, 0.29) is 5.41 Å². The lowest BCUT2D eigenvalue weighted by atomic mass is 9.91. The number of hydrogen-bond donors (Lipinski definition) is 1. The Balaban J connectivity index is 2.23. The molecule has 0 saturated carbocycles. The van der Waals surface area contributed by atoms with Crippen molar-refractivity contribution < 1.29 is 4.74 Å². The van der Waals surface area contributed by atoms with Crippen LogP contribution in [0.2, 0.25) is 0 Å². The molecule has 5 heteroatoms. The largest absolute Gasteiger partial charge is 0.481 e. The van der Waals surface area contributed by atoms with Crippen LogP contribution in [0.15, 0.2) is 18.3 Å². The summed E-state index contributed by atoms with van der Waals surface area (Å²) in [5.41, 5.74) is 2.42.